The fraction of sp³-hybridized carbons (Fsp3) is 0.156. The predicted octanol–water partition coefficient (Wildman–Crippen LogP) is 8.27. The molecule has 1 fully saturated rings. The van der Waals surface area contributed by atoms with Crippen LogP contribution in [0.5, 0.6) is 0 Å². The molecule has 0 amide bonds. The number of halogens is 3. The number of fused-ring (bicyclic) bond motifs is 1. The Morgan fingerprint density at radius 3 is 2.16 bits per heavy atom. The molecule has 0 aromatic heterocycles. The van der Waals surface area contributed by atoms with Gasteiger partial charge in [-0.25, -0.2) is 4.39 Å². The van der Waals surface area contributed by atoms with Gasteiger partial charge in [0, 0.05) is 35.6 Å². The smallest absolute Gasteiger partial charge is 0.123 e. The Hall–Kier alpha value is -3.44. The Balaban J connectivity index is 1.43. The van der Waals surface area contributed by atoms with Gasteiger partial charge in [-0.1, -0.05) is 77.8 Å². The molecule has 0 spiro atoms. The van der Waals surface area contributed by atoms with Crippen molar-refractivity contribution in [2.24, 2.45) is 11.0 Å². The van der Waals surface area contributed by atoms with Crippen molar-refractivity contribution in [2.75, 3.05) is 18.1 Å². The molecule has 0 saturated carbocycles. The van der Waals surface area contributed by atoms with E-state index in [0.717, 1.165) is 47.7 Å². The Morgan fingerprint density at radius 1 is 0.816 bits per heavy atom. The number of likely N-dealkylation sites (tertiary alicyclic amines) is 1. The van der Waals surface area contributed by atoms with Crippen LogP contribution in [-0.2, 0) is 6.54 Å². The lowest BCUT2D eigenvalue weighted by Gasteiger charge is -2.36. The first kappa shape index (κ1) is 24.9. The summed E-state index contributed by atoms with van der Waals surface area (Å²) in [6.45, 7) is 2.29. The molecule has 6 heteroatoms. The average molecular weight is 542 g/mol. The highest BCUT2D eigenvalue weighted by molar-refractivity contribution is 6.30. The lowest BCUT2D eigenvalue weighted by molar-refractivity contribution is 0.245. The Morgan fingerprint density at radius 2 is 1.47 bits per heavy atom. The molecular weight excluding hydrogens is 516 g/mol. The fourth-order valence-electron chi connectivity index (χ4n) is 5.41. The van der Waals surface area contributed by atoms with Gasteiger partial charge >= 0.3 is 0 Å². The van der Waals surface area contributed by atoms with Gasteiger partial charge < -0.3 is 0 Å². The van der Waals surface area contributed by atoms with Crippen molar-refractivity contribution in [2.45, 2.75) is 12.6 Å². The molecule has 6 rings (SSSR count). The van der Waals surface area contributed by atoms with Crippen LogP contribution in [0.4, 0.5) is 10.1 Å². The summed E-state index contributed by atoms with van der Waals surface area (Å²) in [6.07, 6.45) is 2.21. The van der Waals surface area contributed by atoms with E-state index >= 15 is 0 Å². The van der Waals surface area contributed by atoms with Gasteiger partial charge in [0.05, 0.1) is 17.4 Å². The maximum atomic E-state index is 13.6. The first-order valence-electron chi connectivity index (χ1n) is 12.6. The molecule has 0 N–H and O–H groups in total. The van der Waals surface area contributed by atoms with E-state index in [9.17, 15) is 4.39 Å². The summed E-state index contributed by atoms with van der Waals surface area (Å²) in [6, 6.07) is 33.1. The van der Waals surface area contributed by atoms with Crippen molar-refractivity contribution >= 4 is 40.7 Å². The van der Waals surface area contributed by atoms with E-state index in [4.69, 9.17) is 28.3 Å². The molecule has 0 bridgehead atoms. The Bertz CT molecular complexity index is 1470. The molecule has 2 heterocycles. The highest BCUT2D eigenvalue weighted by Crippen LogP contribution is 2.43. The zero-order chi connectivity index (χ0) is 26.1. The van der Waals surface area contributed by atoms with E-state index in [-0.39, 0.29) is 17.8 Å². The summed E-state index contributed by atoms with van der Waals surface area (Å²) in [7, 11) is 0. The van der Waals surface area contributed by atoms with Gasteiger partial charge in [0.25, 0.3) is 0 Å². The number of nitrogens with zero attached hydrogens (tertiary/aromatic N) is 3. The van der Waals surface area contributed by atoms with Crippen LogP contribution in [-0.4, -0.2) is 23.7 Å². The summed E-state index contributed by atoms with van der Waals surface area (Å²) < 4.78 is 13.6. The monoisotopic (exact) mass is 541 g/mol. The summed E-state index contributed by atoms with van der Waals surface area (Å²) >= 11 is 12.4. The molecule has 0 radical (unpaired) electrons. The van der Waals surface area contributed by atoms with E-state index < -0.39 is 0 Å². The van der Waals surface area contributed by atoms with Gasteiger partial charge in [-0.2, -0.15) is 5.10 Å². The number of para-hydroxylation sites is 1. The van der Waals surface area contributed by atoms with Crippen LogP contribution in [0, 0.1) is 11.7 Å². The largest absolute Gasteiger partial charge is 0.294 e. The number of rotatable bonds is 5. The lowest BCUT2D eigenvalue weighted by atomic mass is 9.82. The van der Waals surface area contributed by atoms with Gasteiger partial charge in [-0.3, -0.25) is 9.91 Å². The van der Waals surface area contributed by atoms with Gasteiger partial charge in [-0.15, -0.1) is 0 Å². The topological polar surface area (TPSA) is 18.8 Å². The van der Waals surface area contributed by atoms with Crippen molar-refractivity contribution in [1.29, 1.82) is 0 Å². The number of piperidine rings is 1. The third-order valence-electron chi connectivity index (χ3n) is 7.15. The molecule has 4 aromatic rings. The summed E-state index contributed by atoms with van der Waals surface area (Å²) in [5.41, 5.74) is 6.64. The Kier molecular flexibility index (Phi) is 7.03. The van der Waals surface area contributed by atoms with Crippen LogP contribution in [0.2, 0.25) is 10.0 Å². The van der Waals surface area contributed by atoms with Crippen LogP contribution in [0.3, 0.4) is 0 Å². The summed E-state index contributed by atoms with van der Waals surface area (Å²) in [5.74, 6) is -0.0913. The SMILES string of the molecule is Fc1ccc(CN2CC(=Cc3ccc(Cl)cc3)C3=NN(c4ccccc4)C(c4ccc(Cl)cc4)C3C2)cc1. The third-order valence-corrected chi connectivity index (χ3v) is 7.66. The van der Waals surface area contributed by atoms with E-state index in [1.165, 1.54) is 17.7 Å². The van der Waals surface area contributed by atoms with Crippen LogP contribution >= 0.6 is 23.2 Å². The van der Waals surface area contributed by atoms with Crippen LogP contribution < -0.4 is 5.01 Å². The van der Waals surface area contributed by atoms with E-state index in [1.807, 2.05) is 66.7 Å². The van der Waals surface area contributed by atoms with Crippen molar-refractivity contribution in [3.05, 3.63) is 141 Å². The highest BCUT2D eigenvalue weighted by Gasteiger charge is 2.44. The zero-order valence-electron chi connectivity index (χ0n) is 20.6. The maximum Gasteiger partial charge on any atom is 0.123 e. The second kappa shape index (κ2) is 10.7. The quantitative estimate of drug-likeness (QED) is 0.253. The summed E-state index contributed by atoms with van der Waals surface area (Å²) in [4.78, 5) is 2.43. The molecule has 190 valence electrons. The standard InChI is InChI=1S/C32H26Cl2FN3/c33-26-12-6-22(7-13-26)18-25-20-37(19-23-8-16-28(35)17-9-23)21-30-31(25)36-38(29-4-2-1-3-5-29)32(30)24-10-14-27(34)15-11-24/h1-18,30,32H,19-21H2. The normalized spacial score (nSPS) is 20.4. The maximum absolute atomic E-state index is 13.6. The average Bonchev–Trinajstić information content (AvgIpc) is 3.32. The molecule has 1 saturated heterocycles. The van der Waals surface area contributed by atoms with Crippen molar-refractivity contribution in [3.8, 4) is 0 Å². The fourth-order valence-corrected chi connectivity index (χ4v) is 5.66. The van der Waals surface area contributed by atoms with Gasteiger partial charge in [0.1, 0.15) is 5.82 Å². The number of benzene rings is 4. The third kappa shape index (κ3) is 5.25. The van der Waals surface area contributed by atoms with Crippen molar-refractivity contribution in [3.63, 3.8) is 0 Å². The van der Waals surface area contributed by atoms with Crippen LogP contribution in [0.15, 0.2) is 114 Å². The highest BCUT2D eigenvalue weighted by atomic mass is 35.5. The molecule has 4 aromatic carbocycles. The molecule has 2 aliphatic rings. The Labute approximate surface area is 232 Å². The minimum Gasteiger partial charge on any atom is -0.294 e. The van der Waals surface area contributed by atoms with Gasteiger partial charge in [-0.05, 0) is 76.9 Å². The minimum atomic E-state index is -0.220. The first-order chi connectivity index (χ1) is 18.5. The molecule has 2 unspecified atom stereocenters. The number of anilines is 1. The number of hydrazone groups is 1. The van der Waals surface area contributed by atoms with Crippen molar-refractivity contribution in [1.82, 2.24) is 4.90 Å². The molecule has 0 aliphatic carbocycles. The molecule has 2 aliphatic heterocycles. The molecule has 2 atom stereocenters. The van der Waals surface area contributed by atoms with Crippen LogP contribution in [0.1, 0.15) is 22.7 Å². The van der Waals surface area contributed by atoms with Crippen molar-refractivity contribution < 1.29 is 4.39 Å². The number of hydrogen-bond acceptors (Lipinski definition) is 3. The molecule has 3 nitrogen and oxygen atoms in total. The van der Waals surface area contributed by atoms with E-state index in [2.05, 4.69) is 40.3 Å². The van der Waals surface area contributed by atoms with E-state index in [1.54, 1.807) is 0 Å². The molecular formula is C32H26Cl2FN3. The second-order valence-corrected chi connectivity index (χ2v) is 10.7. The predicted molar refractivity (Wildman–Crippen MR) is 155 cm³/mol. The lowest BCUT2D eigenvalue weighted by Crippen LogP contribution is -2.43. The first-order valence-corrected chi connectivity index (χ1v) is 13.4. The van der Waals surface area contributed by atoms with Gasteiger partial charge in [0.2, 0.25) is 0 Å². The minimum absolute atomic E-state index is 0.00861. The zero-order valence-corrected chi connectivity index (χ0v) is 22.2. The molecule has 38 heavy (non-hydrogen) atoms. The number of hydrogen-bond donors (Lipinski definition) is 0. The summed E-state index contributed by atoms with van der Waals surface area (Å²) in [5, 5.41) is 8.83. The van der Waals surface area contributed by atoms with Gasteiger partial charge in [0.15, 0.2) is 0 Å². The second-order valence-electron chi connectivity index (χ2n) is 9.79. The van der Waals surface area contributed by atoms with E-state index in [0.29, 0.717) is 10.0 Å². The van der Waals surface area contributed by atoms with Crippen LogP contribution in [0.25, 0.3) is 6.08 Å².